The first kappa shape index (κ1) is 9.45. The van der Waals surface area contributed by atoms with Gasteiger partial charge in [-0.05, 0) is 29.3 Å². The molecule has 1 N–H and O–H groups in total. The van der Waals surface area contributed by atoms with Gasteiger partial charge in [0.2, 0.25) is 0 Å². The first-order valence-corrected chi connectivity index (χ1v) is 4.75. The summed E-state index contributed by atoms with van der Waals surface area (Å²) in [7, 11) is 0. The van der Waals surface area contributed by atoms with E-state index in [1.807, 2.05) is 0 Å². The van der Waals surface area contributed by atoms with E-state index in [2.05, 4.69) is 45.1 Å². The SMILES string of the molecule is CCC(C)Nc1ncncc1Br. The number of halogens is 1. The third kappa shape index (κ3) is 2.44. The Hall–Kier alpha value is -0.640. The molecule has 0 fully saturated rings. The van der Waals surface area contributed by atoms with Crippen LogP contribution in [0.5, 0.6) is 0 Å². The van der Waals surface area contributed by atoms with Crippen LogP contribution < -0.4 is 5.32 Å². The summed E-state index contributed by atoms with van der Waals surface area (Å²) in [5, 5.41) is 3.26. The monoisotopic (exact) mass is 229 g/mol. The molecule has 0 aliphatic rings. The van der Waals surface area contributed by atoms with Gasteiger partial charge in [0.05, 0.1) is 4.47 Å². The van der Waals surface area contributed by atoms with E-state index in [0.717, 1.165) is 16.7 Å². The van der Waals surface area contributed by atoms with Crippen molar-refractivity contribution in [2.75, 3.05) is 5.32 Å². The highest BCUT2D eigenvalue weighted by Crippen LogP contribution is 2.18. The van der Waals surface area contributed by atoms with E-state index < -0.39 is 0 Å². The first-order chi connectivity index (χ1) is 5.74. The molecule has 1 aromatic heterocycles. The van der Waals surface area contributed by atoms with E-state index >= 15 is 0 Å². The van der Waals surface area contributed by atoms with Gasteiger partial charge >= 0.3 is 0 Å². The lowest BCUT2D eigenvalue weighted by molar-refractivity contribution is 0.757. The number of hydrogen-bond acceptors (Lipinski definition) is 3. The van der Waals surface area contributed by atoms with Crippen LogP contribution in [0.3, 0.4) is 0 Å². The molecule has 66 valence electrons. The molecule has 4 heteroatoms. The van der Waals surface area contributed by atoms with Crippen molar-refractivity contribution in [2.24, 2.45) is 0 Å². The van der Waals surface area contributed by atoms with Gasteiger partial charge in [-0.3, -0.25) is 0 Å². The zero-order chi connectivity index (χ0) is 8.97. The molecule has 0 amide bonds. The fraction of sp³-hybridized carbons (Fsp3) is 0.500. The summed E-state index contributed by atoms with van der Waals surface area (Å²) in [6.07, 6.45) is 4.35. The molecule has 0 aromatic carbocycles. The van der Waals surface area contributed by atoms with E-state index in [0.29, 0.717) is 6.04 Å². The van der Waals surface area contributed by atoms with Gasteiger partial charge in [-0.2, -0.15) is 0 Å². The largest absolute Gasteiger partial charge is 0.367 e. The Morgan fingerprint density at radius 3 is 3.00 bits per heavy atom. The van der Waals surface area contributed by atoms with Crippen LogP contribution in [-0.4, -0.2) is 16.0 Å². The molecular weight excluding hydrogens is 218 g/mol. The fourth-order valence-corrected chi connectivity index (χ4v) is 1.09. The van der Waals surface area contributed by atoms with Crippen molar-refractivity contribution < 1.29 is 0 Å². The van der Waals surface area contributed by atoms with E-state index in [1.54, 1.807) is 6.20 Å². The van der Waals surface area contributed by atoms with Crippen molar-refractivity contribution in [2.45, 2.75) is 26.3 Å². The normalized spacial score (nSPS) is 12.6. The van der Waals surface area contributed by atoms with Crippen molar-refractivity contribution in [3.63, 3.8) is 0 Å². The molecule has 0 spiro atoms. The number of nitrogens with zero attached hydrogens (tertiary/aromatic N) is 2. The Labute approximate surface area is 80.7 Å². The average molecular weight is 230 g/mol. The minimum absolute atomic E-state index is 0.441. The predicted molar refractivity (Wildman–Crippen MR) is 53.1 cm³/mol. The maximum Gasteiger partial charge on any atom is 0.143 e. The van der Waals surface area contributed by atoms with Gasteiger partial charge in [0.1, 0.15) is 12.1 Å². The van der Waals surface area contributed by atoms with Crippen LogP contribution in [0.2, 0.25) is 0 Å². The molecule has 3 nitrogen and oxygen atoms in total. The van der Waals surface area contributed by atoms with Crippen molar-refractivity contribution in [3.8, 4) is 0 Å². The second-order valence-corrected chi connectivity index (χ2v) is 3.53. The molecule has 1 unspecified atom stereocenters. The molecule has 1 heterocycles. The Balaban J connectivity index is 2.69. The molecule has 0 aliphatic heterocycles. The molecule has 0 bridgehead atoms. The summed E-state index contributed by atoms with van der Waals surface area (Å²) in [5.74, 6) is 0.861. The molecular formula is C8H12BrN3. The van der Waals surface area contributed by atoms with Crippen LogP contribution in [0.1, 0.15) is 20.3 Å². The van der Waals surface area contributed by atoms with Crippen molar-refractivity contribution in [3.05, 3.63) is 17.0 Å². The van der Waals surface area contributed by atoms with Gasteiger partial charge in [-0.15, -0.1) is 0 Å². The second-order valence-electron chi connectivity index (χ2n) is 2.67. The number of rotatable bonds is 3. The molecule has 1 rings (SSSR count). The van der Waals surface area contributed by atoms with Crippen LogP contribution in [0.25, 0.3) is 0 Å². The number of anilines is 1. The summed E-state index contributed by atoms with van der Waals surface area (Å²) in [6, 6.07) is 0.441. The summed E-state index contributed by atoms with van der Waals surface area (Å²) in [6.45, 7) is 4.25. The summed E-state index contributed by atoms with van der Waals surface area (Å²) >= 11 is 3.37. The minimum atomic E-state index is 0.441. The Morgan fingerprint density at radius 2 is 2.42 bits per heavy atom. The third-order valence-electron chi connectivity index (χ3n) is 1.66. The standard InChI is InChI=1S/C8H12BrN3/c1-3-6(2)12-8-7(9)4-10-5-11-8/h4-6H,3H2,1-2H3,(H,10,11,12). The van der Waals surface area contributed by atoms with Crippen molar-refractivity contribution >= 4 is 21.7 Å². The first-order valence-electron chi connectivity index (χ1n) is 3.96. The number of nitrogens with one attached hydrogen (secondary N) is 1. The van der Waals surface area contributed by atoms with Crippen LogP contribution in [-0.2, 0) is 0 Å². The Kier molecular flexibility index (Phi) is 3.47. The van der Waals surface area contributed by atoms with Crippen LogP contribution in [0, 0.1) is 0 Å². The molecule has 0 radical (unpaired) electrons. The summed E-state index contributed by atoms with van der Waals surface area (Å²) in [5.41, 5.74) is 0. The summed E-state index contributed by atoms with van der Waals surface area (Å²) in [4.78, 5) is 7.98. The Morgan fingerprint density at radius 1 is 1.67 bits per heavy atom. The fourth-order valence-electron chi connectivity index (χ4n) is 0.754. The van der Waals surface area contributed by atoms with Gasteiger partial charge in [0, 0.05) is 12.2 Å². The lowest BCUT2D eigenvalue weighted by atomic mass is 10.2. The number of hydrogen-bond donors (Lipinski definition) is 1. The van der Waals surface area contributed by atoms with E-state index in [1.165, 1.54) is 6.33 Å². The maximum absolute atomic E-state index is 4.10. The number of aromatic nitrogens is 2. The average Bonchev–Trinajstić information content (AvgIpc) is 2.09. The molecule has 0 saturated heterocycles. The van der Waals surface area contributed by atoms with Gasteiger partial charge in [-0.1, -0.05) is 6.92 Å². The van der Waals surface area contributed by atoms with Crippen LogP contribution in [0.15, 0.2) is 17.0 Å². The zero-order valence-electron chi connectivity index (χ0n) is 7.21. The molecule has 0 aliphatic carbocycles. The molecule has 1 aromatic rings. The van der Waals surface area contributed by atoms with Gasteiger partial charge in [-0.25, -0.2) is 9.97 Å². The van der Waals surface area contributed by atoms with Gasteiger partial charge < -0.3 is 5.32 Å². The van der Waals surface area contributed by atoms with E-state index in [9.17, 15) is 0 Å². The van der Waals surface area contributed by atoms with Crippen molar-refractivity contribution in [1.82, 2.24) is 9.97 Å². The highest BCUT2D eigenvalue weighted by atomic mass is 79.9. The maximum atomic E-state index is 4.10. The lowest BCUT2D eigenvalue weighted by Crippen LogP contribution is -2.14. The third-order valence-corrected chi connectivity index (χ3v) is 2.24. The molecule has 0 saturated carbocycles. The molecule has 12 heavy (non-hydrogen) atoms. The second kappa shape index (κ2) is 4.40. The highest BCUT2D eigenvalue weighted by molar-refractivity contribution is 9.10. The smallest absolute Gasteiger partial charge is 0.143 e. The van der Waals surface area contributed by atoms with E-state index in [4.69, 9.17) is 0 Å². The van der Waals surface area contributed by atoms with Crippen LogP contribution >= 0.6 is 15.9 Å². The highest BCUT2D eigenvalue weighted by Gasteiger charge is 2.02. The van der Waals surface area contributed by atoms with E-state index in [-0.39, 0.29) is 0 Å². The molecule has 1 atom stereocenters. The predicted octanol–water partition coefficient (Wildman–Crippen LogP) is 2.45. The quantitative estimate of drug-likeness (QED) is 0.866. The zero-order valence-corrected chi connectivity index (χ0v) is 8.80. The van der Waals surface area contributed by atoms with Gasteiger partial charge in [0.15, 0.2) is 0 Å². The van der Waals surface area contributed by atoms with Gasteiger partial charge in [0.25, 0.3) is 0 Å². The summed E-state index contributed by atoms with van der Waals surface area (Å²) < 4.78 is 0.908. The minimum Gasteiger partial charge on any atom is -0.367 e. The lowest BCUT2D eigenvalue weighted by Gasteiger charge is -2.12. The Bertz CT molecular complexity index is 252. The van der Waals surface area contributed by atoms with Crippen LogP contribution in [0.4, 0.5) is 5.82 Å². The van der Waals surface area contributed by atoms with Crippen molar-refractivity contribution in [1.29, 1.82) is 0 Å². The topological polar surface area (TPSA) is 37.8 Å².